The highest BCUT2D eigenvalue weighted by Gasteiger charge is 2.16. The highest BCUT2D eigenvalue weighted by Crippen LogP contribution is 2.25. The van der Waals surface area contributed by atoms with Crippen molar-refractivity contribution in [3.8, 4) is 0 Å². The fourth-order valence-electron chi connectivity index (χ4n) is 2.88. The molecule has 0 aliphatic rings. The molecule has 27 heavy (non-hydrogen) atoms. The molecule has 4 nitrogen and oxygen atoms in total. The Hall–Kier alpha value is -2.69. The lowest BCUT2D eigenvalue weighted by Crippen LogP contribution is -2.27. The van der Waals surface area contributed by atoms with Gasteiger partial charge in [0.15, 0.2) is 5.78 Å². The lowest BCUT2D eigenvalue weighted by atomic mass is 10.00. The van der Waals surface area contributed by atoms with Gasteiger partial charge in [0, 0.05) is 37.5 Å². The minimum absolute atomic E-state index is 0.00275. The number of Topliss-reactive ketones (excluding diaryl/α,β-unsaturated/α-hetero) is 1. The Morgan fingerprint density at radius 2 is 1.85 bits per heavy atom. The van der Waals surface area contributed by atoms with Crippen LogP contribution in [-0.2, 0) is 0 Å². The van der Waals surface area contributed by atoms with E-state index in [0.717, 1.165) is 29.0 Å². The Morgan fingerprint density at radius 1 is 1.15 bits per heavy atom. The average Bonchev–Trinajstić information content (AvgIpc) is 2.63. The van der Waals surface area contributed by atoms with Gasteiger partial charge < -0.3 is 9.80 Å². The number of aliphatic imine (C=N–C) groups is 1. The summed E-state index contributed by atoms with van der Waals surface area (Å²) in [6.45, 7) is 8.72. The van der Waals surface area contributed by atoms with Crippen molar-refractivity contribution in [1.29, 1.82) is 0 Å². The monoisotopic (exact) mass is 369 g/mol. The number of carbonyl (C=O) groups excluding carboxylic acids is 1. The molecule has 144 valence electrons. The highest BCUT2D eigenvalue weighted by molar-refractivity contribution is 6.01. The molecule has 0 aliphatic carbocycles. The number of halogens is 1. The van der Waals surface area contributed by atoms with Gasteiger partial charge in [-0.25, -0.2) is 9.38 Å². The van der Waals surface area contributed by atoms with Crippen molar-refractivity contribution in [3.05, 3.63) is 58.4 Å². The Labute approximate surface area is 161 Å². The van der Waals surface area contributed by atoms with E-state index in [1.807, 2.05) is 44.0 Å². The summed E-state index contributed by atoms with van der Waals surface area (Å²) >= 11 is 0. The van der Waals surface area contributed by atoms with Crippen LogP contribution >= 0.6 is 0 Å². The number of likely N-dealkylation sites (N-methyl/N-ethyl adjacent to an activating group) is 1. The molecule has 2 aromatic carbocycles. The number of rotatable bonds is 7. The largest absolute Gasteiger partial charge is 0.367 e. The van der Waals surface area contributed by atoms with Crippen LogP contribution in [0.4, 0.5) is 15.8 Å². The van der Waals surface area contributed by atoms with Crippen LogP contribution in [0.25, 0.3) is 0 Å². The van der Waals surface area contributed by atoms with Gasteiger partial charge in [0.1, 0.15) is 5.82 Å². The van der Waals surface area contributed by atoms with Gasteiger partial charge in [-0.05, 0) is 63.1 Å². The van der Waals surface area contributed by atoms with Crippen LogP contribution in [-0.4, -0.2) is 44.2 Å². The normalized spacial score (nSPS) is 11.1. The van der Waals surface area contributed by atoms with E-state index in [1.54, 1.807) is 31.3 Å². The van der Waals surface area contributed by atoms with E-state index in [4.69, 9.17) is 0 Å². The zero-order chi connectivity index (χ0) is 20.1. The maximum atomic E-state index is 13.8. The number of hydrogen-bond donors (Lipinski definition) is 0. The van der Waals surface area contributed by atoms with Crippen LogP contribution in [0.3, 0.4) is 0 Å². The van der Waals surface area contributed by atoms with E-state index >= 15 is 0 Å². The zero-order valence-electron chi connectivity index (χ0n) is 17.0. The predicted molar refractivity (Wildman–Crippen MR) is 111 cm³/mol. The number of aryl methyl sites for hydroxylation is 2. The van der Waals surface area contributed by atoms with Crippen molar-refractivity contribution in [2.75, 3.05) is 32.1 Å². The summed E-state index contributed by atoms with van der Waals surface area (Å²) in [5, 5.41) is 0. The van der Waals surface area contributed by atoms with Crippen LogP contribution in [0, 0.1) is 26.6 Å². The van der Waals surface area contributed by atoms with Gasteiger partial charge in [0.05, 0.1) is 18.6 Å². The molecule has 0 saturated carbocycles. The molecule has 0 saturated heterocycles. The van der Waals surface area contributed by atoms with Crippen molar-refractivity contribution in [2.45, 2.75) is 27.7 Å². The van der Waals surface area contributed by atoms with Crippen LogP contribution in [0.5, 0.6) is 0 Å². The Bertz CT molecular complexity index is 861. The fraction of sp³-hybridized carbons (Fsp3) is 0.364. The number of ketones is 1. The number of nitrogens with zero attached hydrogens (tertiary/aromatic N) is 3. The maximum absolute atomic E-state index is 13.8. The molecule has 0 heterocycles. The van der Waals surface area contributed by atoms with Crippen LogP contribution in [0.1, 0.15) is 34.0 Å². The van der Waals surface area contributed by atoms with Crippen molar-refractivity contribution >= 4 is 23.5 Å². The molecular formula is C22H28FN3O. The minimum Gasteiger partial charge on any atom is -0.367 e. The van der Waals surface area contributed by atoms with Gasteiger partial charge in [-0.15, -0.1) is 0 Å². The first-order valence-corrected chi connectivity index (χ1v) is 9.09. The number of hydrogen-bond acceptors (Lipinski definition) is 3. The molecule has 0 aromatic heterocycles. The lowest BCUT2D eigenvalue weighted by molar-refractivity contribution is 0.0999. The quantitative estimate of drug-likeness (QED) is 0.404. The summed E-state index contributed by atoms with van der Waals surface area (Å²) < 4.78 is 13.8. The third-order valence-electron chi connectivity index (χ3n) is 4.77. The van der Waals surface area contributed by atoms with E-state index in [9.17, 15) is 9.18 Å². The lowest BCUT2D eigenvalue weighted by Gasteiger charge is -2.21. The van der Waals surface area contributed by atoms with Crippen molar-refractivity contribution in [3.63, 3.8) is 0 Å². The van der Waals surface area contributed by atoms with Gasteiger partial charge in [0.2, 0.25) is 0 Å². The van der Waals surface area contributed by atoms with E-state index in [0.29, 0.717) is 11.1 Å². The Morgan fingerprint density at radius 3 is 2.52 bits per heavy atom. The summed E-state index contributed by atoms with van der Waals surface area (Å²) in [6, 6.07) is 8.75. The van der Waals surface area contributed by atoms with Crippen molar-refractivity contribution < 1.29 is 9.18 Å². The molecule has 0 atom stereocenters. The van der Waals surface area contributed by atoms with Gasteiger partial charge in [-0.1, -0.05) is 6.07 Å². The zero-order valence-corrected chi connectivity index (χ0v) is 17.0. The van der Waals surface area contributed by atoms with Gasteiger partial charge in [0.25, 0.3) is 0 Å². The van der Waals surface area contributed by atoms with Gasteiger partial charge >= 0.3 is 0 Å². The molecule has 0 amide bonds. The second-order valence-corrected chi connectivity index (χ2v) is 6.93. The second kappa shape index (κ2) is 8.80. The summed E-state index contributed by atoms with van der Waals surface area (Å²) in [6.07, 6.45) is 1.80. The first-order chi connectivity index (χ1) is 12.7. The minimum atomic E-state index is -0.266. The van der Waals surface area contributed by atoms with Gasteiger partial charge in [-0.3, -0.25) is 4.79 Å². The van der Waals surface area contributed by atoms with Crippen molar-refractivity contribution in [2.24, 2.45) is 4.99 Å². The molecule has 5 heteroatoms. The second-order valence-electron chi connectivity index (χ2n) is 6.93. The third kappa shape index (κ3) is 4.94. The van der Waals surface area contributed by atoms with Crippen molar-refractivity contribution in [1.82, 2.24) is 4.90 Å². The first-order valence-electron chi connectivity index (χ1n) is 9.09. The highest BCUT2D eigenvalue weighted by atomic mass is 19.1. The summed E-state index contributed by atoms with van der Waals surface area (Å²) in [4.78, 5) is 21.1. The molecule has 2 aromatic rings. The third-order valence-corrected chi connectivity index (χ3v) is 4.77. The number of benzene rings is 2. The topological polar surface area (TPSA) is 35.9 Å². The Kier molecular flexibility index (Phi) is 6.72. The molecular weight excluding hydrogens is 341 g/mol. The van der Waals surface area contributed by atoms with E-state index < -0.39 is 0 Å². The predicted octanol–water partition coefficient (Wildman–Crippen LogP) is 4.68. The standard InChI is InChI=1S/C22H28FN3O/c1-7-25(5)14-24-20-12-15(2)18(11-16(20)3)22(27)13-26(6)21-10-8-9-19(23)17(21)4/h8-12,14H,7,13H2,1-6H3/b24-14+. The summed E-state index contributed by atoms with van der Waals surface area (Å²) in [7, 11) is 3.77. The Balaban J connectivity index is 2.22. The van der Waals surface area contributed by atoms with Crippen LogP contribution in [0.2, 0.25) is 0 Å². The number of anilines is 1. The first kappa shape index (κ1) is 20.6. The fourth-order valence-corrected chi connectivity index (χ4v) is 2.88. The molecule has 0 aliphatic heterocycles. The molecule has 0 bridgehead atoms. The maximum Gasteiger partial charge on any atom is 0.182 e. The van der Waals surface area contributed by atoms with Gasteiger partial charge in [-0.2, -0.15) is 0 Å². The summed E-state index contributed by atoms with van der Waals surface area (Å²) in [5.41, 5.74) is 4.65. The van der Waals surface area contributed by atoms with E-state index in [1.165, 1.54) is 6.07 Å². The molecule has 0 fully saturated rings. The molecule has 0 radical (unpaired) electrons. The van der Waals surface area contributed by atoms with Crippen LogP contribution in [0.15, 0.2) is 35.3 Å². The van der Waals surface area contributed by atoms with Crippen LogP contribution < -0.4 is 4.90 Å². The summed E-state index contributed by atoms with van der Waals surface area (Å²) in [5.74, 6) is -0.263. The smallest absolute Gasteiger partial charge is 0.182 e. The van der Waals surface area contributed by atoms with E-state index in [-0.39, 0.29) is 18.1 Å². The molecule has 0 N–H and O–H groups in total. The average molecular weight is 369 g/mol. The SMILES string of the molecule is CCN(C)/C=N/c1cc(C)c(C(=O)CN(C)c2cccc(F)c2C)cc1C. The molecule has 2 rings (SSSR count). The number of carbonyl (C=O) groups is 1. The molecule has 0 spiro atoms. The molecule has 0 unspecified atom stereocenters. The van der Waals surface area contributed by atoms with E-state index in [2.05, 4.69) is 11.9 Å².